The molecule has 2 rings (SSSR count). The van der Waals surface area contributed by atoms with Crippen LogP contribution in [-0.4, -0.2) is 46.8 Å². The number of ether oxygens (including phenoxy) is 1. The molecule has 1 aromatic rings. The van der Waals surface area contributed by atoms with E-state index in [-0.39, 0.29) is 11.9 Å². The van der Waals surface area contributed by atoms with Crippen molar-refractivity contribution in [3.63, 3.8) is 0 Å². The van der Waals surface area contributed by atoms with Crippen LogP contribution in [0, 0.1) is 6.92 Å². The van der Waals surface area contributed by atoms with Crippen molar-refractivity contribution < 1.29 is 9.53 Å². The van der Waals surface area contributed by atoms with Crippen molar-refractivity contribution in [2.24, 2.45) is 0 Å². The number of morpholine rings is 1. The Balaban J connectivity index is 2.17. The zero-order chi connectivity index (χ0) is 11.5. The van der Waals surface area contributed by atoms with Crippen LogP contribution < -0.4 is 0 Å². The number of aromatic nitrogens is 2. The molecule has 0 radical (unpaired) electrons. The van der Waals surface area contributed by atoms with Gasteiger partial charge in [0, 0.05) is 6.54 Å². The minimum Gasteiger partial charge on any atom is -0.377 e. The third-order valence-corrected chi connectivity index (χ3v) is 2.65. The molecular formula is C11H15N3O2. The summed E-state index contributed by atoms with van der Waals surface area (Å²) < 4.78 is 5.30. The average Bonchev–Trinajstić information content (AvgIpc) is 2.29. The fraction of sp³-hybridized carbons (Fsp3) is 0.545. The quantitative estimate of drug-likeness (QED) is 0.698. The van der Waals surface area contributed by atoms with Gasteiger partial charge in [-0.25, -0.2) is 0 Å². The third kappa shape index (κ3) is 2.19. The number of hydrogen-bond donors (Lipinski definition) is 0. The van der Waals surface area contributed by atoms with Gasteiger partial charge >= 0.3 is 0 Å². The maximum absolute atomic E-state index is 12.2. The van der Waals surface area contributed by atoms with E-state index in [0.29, 0.717) is 25.3 Å². The molecule has 16 heavy (non-hydrogen) atoms. The van der Waals surface area contributed by atoms with Gasteiger partial charge in [-0.3, -0.25) is 4.79 Å². The van der Waals surface area contributed by atoms with Gasteiger partial charge in [-0.15, -0.1) is 0 Å². The van der Waals surface area contributed by atoms with Gasteiger partial charge in [0.15, 0.2) is 0 Å². The first-order valence-corrected chi connectivity index (χ1v) is 5.36. The van der Waals surface area contributed by atoms with Crippen LogP contribution in [0.15, 0.2) is 12.3 Å². The summed E-state index contributed by atoms with van der Waals surface area (Å²) in [6, 6.07) is 1.88. The van der Waals surface area contributed by atoms with E-state index in [1.54, 1.807) is 6.07 Å². The highest BCUT2D eigenvalue weighted by Gasteiger charge is 2.24. The molecule has 1 amide bonds. The van der Waals surface area contributed by atoms with E-state index in [0.717, 1.165) is 5.69 Å². The molecule has 86 valence electrons. The molecule has 0 aromatic carbocycles. The van der Waals surface area contributed by atoms with Crippen LogP contribution in [0.5, 0.6) is 0 Å². The Morgan fingerprint density at radius 3 is 3.12 bits per heavy atom. The van der Waals surface area contributed by atoms with Gasteiger partial charge < -0.3 is 9.64 Å². The fourth-order valence-electron chi connectivity index (χ4n) is 1.78. The number of carbonyl (C=O) groups is 1. The normalized spacial score (nSPS) is 20.9. The van der Waals surface area contributed by atoms with Gasteiger partial charge in [-0.05, 0) is 19.9 Å². The van der Waals surface area contributed by atoms with E-state index in [9.17, 15) is 4.79 Å². The largest absolute Gasteiger partial charge is 0.377 e. The standard InChI is InChI=1S/C11H15N3O2/c1-8-5-10(6-12-13-8)11(15)14-3-4-16-7-9(14)2/h5-6,9H,3-4,7H2,1-2H3/t9-/m0/s1. The van der Waals surface area contributed by atoms with Gasteiger partial charge in [0.05, 0.1) is 36.7 Å². The van der Waals surface area contributed by atoms with Crippen molar-refractivity contribution >= 4 is 5.91 Å². The monoisotopic (exact) mass is 221 g/mol. The van der Waals surface area contributed by atoms with E-state index in [1.165, 1.54) is 6.20 Å². The van der Waals surface area contributed by atoms with Crippen molar-refractivity contribution in [2.45, 2.75) is 19.9 Å². The minimum atomic E-state index is 0.00815. The molecular weight excluding hydrogens is 206 g/mol. The summed E-state index contributed by atoms with van der Waals surface area (Å²) in [5, 5.41) is 7.64. The lowest BCUT2D eigenvalue weighted by molar-refractivity contribution is 0.00355. The average molecular weight is 221 g/mol. The molecule has 0 spiro atoms. The molecule has 0 N–H and O–H groups in total. The van der Waals surface area contributed by atoms with Crippen molar-refractivity contribution in [1.82, 2.24) is 15.1 Å². The van der Waals surface area contributed by atoms with E-state index in [4.69, 9.17) is 4.74 Å². The summed E-state index contributed by atoms with van der Waals surface area (Å²) in [5.41, 5.74) is 1.35. The first kappa shape index (κ1) is 11.0. The molecule has 1 fully saturated rings. The van der Waals surface area contributed by atoms with Gasteiger partial charge in [0.1, 0.15) is 0 Å². The Bertz CT molecular complexity index is 395. The molecule has 0 bridgehead atoms. The molecule has 5 heteroatoms. The van der Waals surface area contributed by atoms with Crippen molar-refractivity contribution in [3.05, 3.63) is 23.5 Å². The summed E-state index contributed by atoms with van der Waals surface area (Å²) in [6.07, 6.45) is 1.51. The highest BCUT2D eigenvalue weighted by Crippen LogP contribution is 2.11. The molecule has 0 saturated carbocycles. The van der Waals surface area contributed by atoms with Crippen LogP contribution >= 0.6 is 0 Å². The summed E-state index contributed by atoms with van der Waals surface area (Å²) in [6.45, 7) is 5.66. The number of rotatable bonds is 1. The summed E-state index contributed by atoms with van der Waals surface area (Å²) in [7, 11) is 0. The van der Waals surface area contributed by atoms with Gasteiger partial charge in [0.2, 0.25) is 0 Å². The summed E-state index contributed by atoms with van der Waals surface area (Å²) in [5.74, 6) is 0.00815. The van der Waals surface area contributed by atoms with Crippen molar-refractivity contribution in [3.8, 4) is 0 Å². The topological polar surface area (TPSA) is 55.3 Å². The molecule has 1 aromatic heterocycles. The number of hydrogen-bond acceptors (Lipinski definition) is 4. The Labute approximate surface area is 94.4 Å². The zero-order valence-electron chi connectivity index (χ0n) is 9.51. The van der Waals surface area contributed by atoms with Crippen LogP contribution in [0.25, 0.3) is 0 Å². The molecule has 5 nitrogen and oxygen atoms in total. The highest BCUT2D eigenvalue weighted by molar-refractivity contribution is 5.94. The molecule has 0 unspecified atom stereocenters. The van der Waals surface area contributed by atoms with Gasteiger partial charge in [-0.1, -0.05) is 0 Å². The molecule has 0 aliphatic carbocycles. The van der Waals surface area contributed by atoms with Crippen LogP contribution in [-0.2, 0) is 4.74 Å². The molecule has 2 heterocycles. The van der Waals surface area contributed by atoms with Crippen LogP contribution in [0.1, 0.15) is 23.0 Å². The molecule has 1 atom stereocenters. The SMILES string of the molecule is Cc1cc(C(=O)N2CCOC[C@@H]2C)cnn1. The lowest BCUT2D eigenvalue weighted by Gasteiger charge is -2.33. The second-order valence-electron chi connectivity index (χ2n) is 4.01. The predicted molar refractivity (Wildman–Crippen MR) is 58.1 cm³/mol. The van der Waals surface area contributed by atoms with Crippen LogP contribution in [0.4, 0.5) is 0 Å². The summed E-state index contributed by atoms with van der Waals surface area (Å²) in [4.78, 5) is 14.0. The van der Waals surface area contributed by atoms with E-state index >= 15 is 0 Å². The first-order chi connectivity index (χ1) is 7.68. The Morgan fingerprint density at radius 2 is 2.44 bits per heavy atom. The second-order valence-corrected chi connectivity index (χ2v) is 4.01. The number of nitrogens with zero attached hydrogens (tertiary/aromatic N) is 3. The lowest BCUT2D eigenvalue weighted by Crippen LogP contribution is -2.47. The van der Waals surface area contributed by atoms with Gasteiger partial charge in [0.25, 0.3) is 5.91 Å². The van der Waals surface area contributed by atoms with E-state index < -0.39 is 0 Å². The van der Waals surface area contributed by atoms with Crippen LogP contribution in [0.3, 0.4) is 0 Å². The molecule has 1 aliphatic rings. The Kier molecular flexibility index (Phi) is 3.14. The molecule has 1 saturated heterocycles. The predicted octanol–water partition coefficient (Wildman–Crippen LogP) is 0.646. The Morgan fingerprint density at radius 1 is 1.62 bits per heavy atom. The number of aryl methyl sites for hydroxylation is 1. The second kappa shape index (κ2) is 4.57. The lowest BCUT2D eigenvalue weighted by atomic mass is 10.2. The first-order valence-electron chi connectivity index (χ1n) is 5.36. The fourth-order valence-corrected chi connectivity index (χ4v) is 1.78. The number of carbonyl (C=O) groups excluding carboxylic acids is 1. The third-order valence-electron chi connectivity index (χ3n) is 2.65. The minimum absolute atomic E-state index is 0.00815. The smallest absolute Gasteiger partial charge is 0.255 e. The van der Waals surface area contributed by atoms with E-state index in [2.05, 4.69) is 10.2 Å². The van der Waals surface area contributed by atoms with Crippen molar-refractivity contribution in [2.75, 3.05) is 19.8 Å². The zero-order valence-corrected chi connectivity index (χ0v) is 9.51. The maximum Gasteiger partial charge on any atom is 0.255 e. The highest BCUT2D eigenvalue weighted by atomic mass is 16.5. The van der Waals surface area contributed by atoms with Crippen LogP contribution in [0.2, 0.25) is 0 Å². The van der Waals surface area contributed by atoms with E-state index in [1.807, 2.05) is 18.7 Å². The van der Waals surface area contributed by atoms with Crippen molar-refractivity contribution in [1.29, 1.82) is 0 Å². The number of amides is 1. The Hall–Kier alpha value is -1.49. The molecule has 1 aliphatic heterocycles. The summed E-state index contributed by atoms with van der Waals surface area (Å²) >= 11 is 0. The maximum atomic E-state index is 12.2. The van der Waals surface area contributed by atoms with Gasteiger partial charge in [-0.2, -0.15) is 10.2 Å².